The zero-order chi connectivity index (χ0) is 22.8. The smallest absolute Gasteiger partial charge is 0.278 e. The van der Waals surface area contributed by atoms with Gasteiger partial charge in [0.05, 0.1) is 18.9 Å². The minimum Gasteiger partial charge on any atom is -0.486 e. The van der Waals surface area contributed by atoms with Crippen LogP contribution in [-0.2, 0) is 16.1 Å². The molecule has 1 aliphatic rings. The van der Waals surface area contributed by atoms with Gasteiger partial charge in [-0.25, -0.2) is 4.98 Å². The van der Waals surface area contributed by atoms with Crippen molar-refractivity contribution in [2.24, 2.45) is 0 Å². The van der Waals surface area contributed by atoms with E-state index >= 15 is 0 Å². The molecular formula is C23H22N4O5S. The van der Waals surface area contributed by atoms with Gasteiger partial charge in [0.25, 0.3) is 5.56 Å². The number of rotatable bonds is 7. The van der Waals surface area contributed by atoms with Gasteiger partial charge in [-0.15, -0.1) is 0 Å². The second-order valence-electron chi connectivity index (χ2n) is 7.43. The number of aromatic nitrogens is 3. The number of nitrogens with zero attached hydrogens (tertiary/aromatic N) is 2. The number of methoxy groups -OCH3 is 1. The molecule has 5 rings (SSSR count). The molecular weight excluding hydrogens is 444 g/mol. The number of thioether (sulfide) groups is 1. The van der Waals surface area contributed by atoms with Crippen LogP contribution in [0.2, 0.25) is 0 Å². The maximum absolute atomic E-state index is 13.2. The molecule has 1 amide bonds. The number of H-pyrrole nitrogens is 1. The van der Waals surface area contributed by atoms with Crippen molar-refractivity contribution in [1.82, 2.24) is 14.5 Å². The highest BCUT2D eigenvalue weighted by atomic mass is 32.2. The van der Waals surface area contributed by atoms with Crippen LogP contribution in [0.1, 0.15) is 0 Å². The van der Waals surface area contributed by atoms with E-state index < -0.39 is 0 Å². The molecule has 0 radical (unpaired) electrons. The number of fused-ring (bicyclic) bond motifs is 4. The maximum Gasteiger partial charge on any atom is 0.278 e. The van der Waals surface area contributed by atoms with Crippen LogP contribution in [0.25, 0.3) is 21.9 Å². The van der Waals surface area contributed by atoms with Crippen LogP contribution in [0.3, 0.4) is 0 Å². The summed E-state index contributed by atoms with van der Waals surface area (Å²) in [4.78, 5) is 33.7. The fourth-order valence-corrected chi connectivity index (χ4v) is 4.53. The zero-order valence-electron chi connectivity index (χ0n) is 17.9. The molecule has 0 fully saturated rings. The molecule has 2 N–H and O–H groups in total. The molecule has 3 heterocycles. The molecule has 170 valence electrons. The Morgan fingerprint density at radius 3 is 2.88 bits per heavy atom. The summed E-state index contributed by atoms with van der Waals surface area (Å²) >= 11 is 1.21. The Morgan fingerprint density at radius 1 is 1.21 bits per heavy atom. The minimum atomic E-state index is -0.219. The highest BCUT2D eigenvalue weighted by molar-refractivity contribution is 7.99. The summed E-state index contributed by atoms with van der Waals surface area (Å²) in [5, 5.41) is 4.19. The first-order valence-electron chi connectivity index (χ1n) is 10.5. The van der Waals surface area contributed by atoms with Gasteiger partial charge in [0, 0.05) is 29.8 Å². The van der Waals surface area contributed by atoms with Gasteiger partial charge in [-0.2, -0.15) is 0 Å². The van der Waals surface area contributed by atoms with E-state index in [4.69, 9.17) is 19.2 Å². The van der Waals surface area contributed by atoms with E-state index in [0.717, 1.165) is 10.9 Å². The average Bonchev–Trinajstić information content (AvgIpc) is 3.21. The van der Waals surface area contributed by atoms with Crippen molar-refractivity contribution in [3.8, 4) is 11.5 Å². The Kier molecular flexibility index (Phi) is 5.93. The normalized spacial score (nSPS) is 12.9. The number of nitrogens with one attached hydrogen (secondary N) is 2. The molecule has 0 unspecified atom stereocenters. The molecule has 1 aliphatic heterocycles. The monoisotopic (exact) mass is 466 g/mol. The van der Waals surface area contributed by atoms with E-state index in [-0.39, 0.29) is 17.2 Å². The Hall–Kier alpha value is -3.50. The number of ether oxygens (including phenoxy) is 3. The minimum absolute atomic E-state index is 0.0850. The topological polar surface area (TPSA) is 107 Å². The van der Waals surface area contributed by atoms with E-state index in [2.05, 4.69) is 10.3 Å². The number of benzene rings is 2. The van der Waals surface area contributed by atoms with Crippen LogP contribution in [0.5, 0.6) is 11.5 Å². The lowest BCUT2D eigenvalue weighted by Gasteiger charge is -2.19. The fourth-order valence-electron chi connectivity index (χ4n) is 3.71. The van der Waals surface area contributed by atoms with Gasteiger partial charge < -0.3 is 24.5 Å². The molecule has 0 saturated carbocycles. The van der Waals surface area contributed by atoms with E-state index in [1.165, 1.54) is 11.8 Å². The third-order valence-corrected chi connectivity index (χ3v) is 6.23. The largest absolute Gasteiger partial charge is 0.486 e. The van der Waals surface area contributed by atoms with Crippen molar-refractivity contribution in [2.75, 3.05) is 38.0 Å². The van der Waals surface area contributed by atoms with Gasteiger partial charge in [-0.1, -0.05) is 30.0 Å². The van der Waals surface area contributed by atoms with Crippen LogP contribution in [-0.4, -0.2) is 53.1 Å². The lowest BCUT2D eigenvalue weighted by molar-refractivity contribution is -0.113. The van der Waals surface area contributed by atoms with Crippen LogP contribution in [0.15, 0.2) is 52.4 Å². The molecule has 2 aromatic carbocycles. The van der Waals surface area contributed by atoms with Gasteiger partial charge >= 0.3 is 0 Å². The predicted octanol–water partition coefficient (Wildman–Crippen LogP) is 3.03. The van der Waals surface area contributed by atoms with E-state index in [1.807, 2.05) is 24.3 Å². The lowest BCUT2D eigenvalue weighted by atomic mass is 10.2. The van der Waals surface area contributed by atoms with Crippen LogP contribution >= 0.6 is 11.8 Å². The van der Waals surface area contributed by atoms with Gasteiger partial charge in [-0.05, 0) is 18.2 Å². The molecule has 0 bridgehead atoms. The van der Waals surface area contributed by atoms with E-state index in [0.29, 0.717) is 59.7 Å². The van der Waals surface area contributed by atoms with Crippen molar-refractivity contribution in [3.63, 3.8) is 0 Å². The number of carbonyl (C=O) groups is 1. The Labute approximate surface area is 193 Å². The van der Waals surface area contributed by atoms with Gasteiger partial charge in [0.15, 0.2) is 16.7 Å². The number of anilines is 1. The molecule has 0 spiro atoms. The molecule has 9 nitrogen and oxygen atoms in total. The second kappa shape index (κ2) is 9.16. The standard InChI is InChI=1S/C23H22N4O5S/c1-30-9-8-27-22(29)21-20(15-4-2-3-5-16(15)25-21)26-23(27)33-13-19(28)24-14-6-7-17-18(12-14)32-11-10-31-17/h2-7,12,25H,8-11,13H2,1H3,(H,24,28). The van der Waals surface area contributed by atoms with Crippen molar-refractivity contribution >= 4 is 45.3 Å². The summed E-state index contributed by atoms with van der Waals surface area (Å²) in [6.07, 6.45) is 0. The fraction of sp³-hybridized carbons (Fsp3) is 0.261. The maximum atomic E-state index is 13.2. The van der Waals surface area contributed by atoms with Crippen LogP contribution in [0, 0.1) is 0 Å². The third-order valence-electron chi connectivity index (χ3n) is 5.25. The molecule has 2 aromatic heterocycles. The predicted molar refractivity (Wildman–Crippen MR) is 127 cm³/mol. The van der Waals surface area contributed by atoms with E-state index in [1.54, 1.807) is 29.9 Å². The molecule has 33 heavy (non-hydrogen) atoms. The average molecular weight is 467 g/mol. The summed E-state index contributed by atoms with van der Waals surface area (Å²) in [6, 6.07) is 12.9. The van der Waals surface area contributed by atoms with Crippen molar-refractivity contribution in [2.45, 2.75) is 11.7 Å². The van der Waals surface area contributed by atoms with E-state index in [9.17, 15) is 9.59 Å². The first-order chi connectivity index (χ1) is 16.1. The molecule has 0 atom stereocenters. The third kappa shape index (κ3) is 4.27. The van der Waals surface area contributed by atoms with Crippen molar-refractivity contribution in [3.05, 3.63) is 52.8 Å². The summed E-state index contributed by atoms with van der Waals surface area (Å²) in [6.45, 7) is 1.67. The number of carbonyl (C=O) groups excluding carboxylic acids is 1. The lowest BCUT2D eigenvalue weighted by Crippen LogP contribution is -2.26. The van der Waals surface area contributed by atoms with Gasteiger partial charge in [-0.3, -0.25) is 14.2 Å². The number of aromatic amines is 1. The number of amides is 1. The Balaban J connectivity index is 1.39. The zero-order valence-corrected chi connectivity index (χ0v) is 18.7. The van der Waals surface area contributed by atoms with Crippen molar-refractivity contribution in [1.29, 1.82) is 0 Å². The number of para-hydroxylation sites is 1. The van der Waals surface area contributed by atoms with Crippen LogP contribution in [0.4, 0.5) is 5.69 Å². The first-order valence-corrected chi connectivity index (χ1v) is 11.4. The highest BCUT2D eigenvalue weighted by Crippen LogP contribution is 2.32. The summed E-state index contributed by atoms with van der Waals surface area (Å²) in [7, 11) is 1.58. The summed E-state index contributed by atoms with van der Waals surface area (Å²) < 4.78 is 17.8. The molecule has 0 aliphatic carbocycles. The molecule has 10 heteroatoms. The first kappa shape index (κ1) is 21.4. The Bertz CT molecular complexity index is 1400. The SMILES string of the molecule is COCCn1c(SCC(=O)Nc2ccc3c(c2)OCCO3)nc2c([nH]c3ccccc32)c1=O. The van der Waals surface area contributed by atoms with Gasteiger partial charge in [0.1, 0.15) is 24.2 Å². The number of hydrogen-bond acceptors (Lipinski definition) is 7. The summed E-state index contributed by atoms with van der Waals surface area (Å²) in [5.74, 6) is 1.13. The summed E-state index contributed by atoms with van der Waals surface area (Å²) in [5.41, 5.74) is 2.30. The van der Waals surface area contributed by atoms with Gasteiger partial charge in [0.2, 0.25) is 5.91 Å². The van der Waals surface area contributed by atoms with Crippen LogP contribution < -0.4 is 20.3 Å². The van der Waals surface area contributed by atoms with Crippen molar-refractivity contribution < 1.29 is 19.0 Å². The Morgan fingerprint density at radius 2 is 2.03 bits per heavy atom. The molecule has 0 saturated heterocycles. The number of hydrogen-bond donors (Lipinski definition) is 2. The second-order valence-corrected chi connectivity index (χ2v) is 8.38. The quantitative estimate of drug-likeness (QED) is 0.318. The molecule has 4 aromatic rings. The highest BCUT2D eigenvalue weighted by Gasteiger charge is 2.17.